The minimum Gasteiger partial charge on any atom is -0.389 e. The molecular formula is C18H22O6. The van der Waals surface area contributed by atoms with Crippen LogP contribution in [0.3, 0.4) is 0 Å². The Balaban J connectivity index is 3.04. The molecule has 6 heteroatoms. The first-order valence-electron chi connectivity index (χ1n) is 7.46. The van der Waals surface area contributed by atoms with Gasteiger partial charge >= 0.3 is 23.9 Å². The number of carbonyl (C=O) groups excluding carboxylic acids is 4. The van der Waals surface area contributed by atoms with Crippen molar-refractivity contribution in [3.8, 4) is 0 Å². The van der Waals surface area contributed by atoms with Crippen molar-refractivity contribution in [2.75, 3.05) is 0 Å². The number of carbonyl (C=O) groups is 4. The zero-order valence-corrected chi connectivity index (χ0v) is 14.8. The summed E-state index contributed by atoms with van der Waals surface area (Å²) < 4.78 is 9.59. The molecule has 0 amide bonds. The van der Waals surface area contributed by atoms with E-state index in [0.717, 1.165) is 0 Å². The fraction of sp³-hybridized carbons (Fsp3) is 0.444. The van der Waals surface area contributed by atoms with Crippen molar-refractivity contribution in [2.45, 2.75) is 41.5 Å². The van der Waals surface area contributed by atoms with Gasteiger partial charge in [0.05, 0.1) is 22.0 Å². The number of rotatable bonds is 2. The maximum absolute atomic E-state index is 12.2. The molecule has 1 aromatic carbocycles. The maximum atomic E-state index is 12.2. The molecule has 0 bridgehead atoms. The summed E-state index contributed by atoms with van der Waals surface area (Å²) in [7, 11) is 0. The zero-order chi connectivity index (χ0) is 18.7. The van der Waals surface area contributed by atoms with E-state index in [-0.39, 0.29) is 11.1 Å². The fourth-order valence-corrected chi connectivity index (χ4v) is 1.42. The molecule has 0 spiro atoms. The smallest absolute Gasteiger partial charge is 0.346 e. The van der Waals surface area contributed by atoms with Crippen LogP contribution < -0.4 is 0 Å². The Hall–Kier alpha value is -2.50. The van der Waals surface area contributed by atoms with Crippen LogP contribution in [0.2, 0.25) is 0 Å². The Morgan fingerprint density at radius 2 is 0.958 bits per heavy atom. The van der Waals surface area contributed by atoms with E-state index in [4.69, 9.17) is 9.47 Å². The molecule has 0 N–H and O–H groups in total. The molecule has 0 saturated carbocycles. The molecule has 0 saturated heterocycles. The van der Waals surface area contributed by atoms with Crippen molar-refractivity contribution in [1.29, 1.82) is 0 Å². The van der Waals surface area contributed by atoms with Gasteiger partial charge in [-0.1, -0.05) is 12.1 Å². The Morgan fingerprint density at radius 3 is 1.21 bits per heavy atom. The molecule has 0 aliphatic carbocycles. The predicted molar refractivity (Wildman–Crippen MR) is 86.2 cm³/mol. The van der Waals surface area contributed by atoms with Crippen molar-refractivity contribution in [3.05, 3.63) is 35.4 Å². The normalized spacial score (nSPS) is 11.6. The Bertz CT molecular complexity index is 614. The summed E-state index contributed by atoms with van der Waals surface area (Å²) in [5.41, 5.74) is -2.01. The first kappa shape index (κ1) is 19.5. The van der Waals surface area contributed by atoms with E-state index in [1.165, 1.54) is 24.3 Å². The van der Waals surface area contributed by atoms with Crippen LogP contribution in [-0.4, -0.2) is 23.9 Å². The Morgan fingerprint density at radius 1 is 0.667 bits per heavy atom. The topological polar surface area (TPSA) is 86.7 Å². The lowest BCUT2D eigenvalue weighted by Crippen LogP contribution is -2.28. The first-order valence-corrected chi connectivity index (χ1v) is 7.46. The maximum Gasteiger partial charge on any atom is 0.346 e. The van der Waals surface area contributed by atoms with E-state index in [9.17, 15) is 19.2 Å². The molecule has 0 atom stereocenters. The molecule has 1 aromatic rings. The molecule has 1 rings (SSSR count). The highest BCUT2D eigenvalue weighted by atomic mass is 16.6. The lowest BCUT2D eigenvalue weighted by atomic mass is 9.97. The molecule has 0 aromatic heterocycles. The third kappa shape index (κ3) is 5.01. The third-order valence-electron chi connectivity index (χ3n) is 2.96. The molecule has 130 valence electrons. The van der Waals surface area contributed by atoms with Gasteiger partial charge in [-0.25, -0.2) is 9.59 Å². The van der Waals surface area contributed by atoms with Crippen molar-refractivity contribution < 1.29 is 28.7 Å². The van der Waals surface area contributed by atoms with Crippen LogP contribution in [0.15, 0.2) is 24.3 Å². The number of ether oxygens (including phenoxy) is 2. The summed E-state index contributed by atoms with van der Waals surface area (Å²) >= 11 is 0. The second-order valence-electron chi connectivity index (χ2n) is 7.40. The average molecular weight is 334 g/mol. The van der Waals surface area contributed by atoms with Gasteiger partial charge in [0.15, 0.2) is 0 Å². The first-order chi connectivity index (χ1) is 10.8. The molecule has 0 heterocycles. The van der Waals surface area contributed by atoms with Gasteiger partial charge in [0.2, 0.25) is 0 Å². The highest BCUT2D eigenvalue weighted by Crippen LogP contribution is 2.20. The van der Waals surface area contributed by atoms with Crippen LogP contribution >= 0.6 is 0 Å². The van der Waals surface area contributed by atoms with Crippen LogP contribution in [-0.2, 0) is 19.1 Å². The van der Waals surface area contributed by atoms with E-state index in [2.05, 4.69) is 0 Å². The highest BCUT2D eigenvalue weighted by molar-refractivity contribution is 6.08. The number of esters is 4. The molecule has 0 aliphatic heterocycles. The van der Waals surface area contributed by atoms with Gasteiger partial charge in [-0.2, -0.15) is 0 Å². The molecule has 0 aliphatic rings. The largest absolute Gasteiger partial charge is 0.389 e. The number of hydrogen-bond donors (Lipinski definition) is 0. The Kier molecular flexibility index (Phi) is 5.66. The third-order valence-corrected chi connectivity index (χ3v) is 2.96. The summed E-state index contributed by atoms with van der Waals surface area (Å²) in [6, 6.07) is 5.69. The molecule has 0 radical (unpaired) electrons. The molecule has 6 nitrogen and oxygen atoms in total. The lowest BCUT2D eigenvalue weighted by molar-refractivity contribution is -0.148. The van der Waals surface area contributed by atoms with Crippen LogP contribution in [0.1, 0.15) is 62.3 Å². The van der Waals surface area contributed by atoms with Gasteiger partial charge in [-0.3, -0.25) is 9.59 Å². The van der Waals surface area contributed by atoms with Gasteiger partial charge in [0.1, 0.15) is 0 Å². The van der Waals surface area contributed by atoms with E-state index < -0.39 is 34.7 Å². The Labute approximate surface area is 141 Å². The molecule has 24 heavy (non-hydrogen) atoms. The average Bonchev–Trinajstić information content (AvgIpc) is 2.45. The van der Waals surface area contributed by atoms with Crippen molar-refractivity contribution >= 4 is 23.9 Å². The summed E-state index contributed by atoms with van der Waals surface area (Å²) in [5.74, 6) is -3.38. The van der Waals surface area contributed by atoms with E-state index in [1.807, 2.05) is 0 Å². The molecule has 0 fully saturated rings. The summed E-state index contributed by atoms with van der Waals surface area (Å²) in [6.45, 7) is 9.61. The monoisotopic (exact) mass is 334 g/mol. The second kappa shape index (κ2) is 6.95. The molecular weight excluding hydrogens is 312 g/mol. The van der Waals surface area contributed by atoms with Gasteiger partial charge in [0.25, 0.3) is 0 Å². The van der Waals surface area contributed by atoms with Gasteiger partial charge in [-0.05, 0) is 53.7 Å². The lowest BCUT2D eigenvalue weighted by Gasteiger charge is -2.17. The molecule has 0 unspecified atom stereocenters. The van der Waals surface area contributed by atoms with E-state index in [1.54, 1.807) is 41.5 Å². The van der Waals surface area contributed by atoms with E-state index in [0.29, 0.717) is 0 Å². The number of hydrogen-bond acceptors (Lipinski definition) is 6. The minimum atomic E-state index is -0.967. The summed E-state index contributed by atoms with van der Waals surface area (Å²) in [5, 5.41) is 0. The van der Waals surface area contributed by atoms with Gasteiger partial charge < -0.3 is 9.47 Å². The summed E-state index contributed by atoms with van der Waals surface area (Å²) in [6.07, 6.45) is 0. The fourth-order valence-electron chi connectivity index (χ4n) is 1.42. The standard InChI is InChI=1S/C18H22O6/c1-17(2,3)15(21)23-13(19)11-9-7-8-10-12(11)14(20)24-16(22)18(4,5)6/h7-10H,1-6H3. The second-order valence-corrected chi connectivity index (χ2v) is 7.40. The zero-order valence-electron chi connectivity index (χ0n) is 14.8. The van der Waals surface area contributed by atoms with Crippen molar-refractivity contribution in [2.24, 2.45) is 10.8 Å². The highest BCUT2D eigenvalue weighted by Gasteiger charge is 2.30. The van der Waals surface area contributed by atoms with Crippen LogP contribution in [0, 0.1) is 10.8 Å². The minimum absolute atomic E-state index is 0.137. The summed E-state index contributed by atoms with van der Waals surface area (Å²) in [4.78, 5) is 48.0. The van der Waals surface area contributed by atoms with Crippen LogP contribution in [0.25, 0.3) is 0 Å². The van der Waals surface area contributed by atoms with Crippen LogP contribution in [0.4, 0.5) is 0 Å². The van der Waals surface area contributed by atoms with E-state index >= 15 is 0 Å². The SMILES string of the molecule is CC(C)(C)C(=O)OC(=O)c1ccccc1C(=O)OC(=O)C(C)(C)C. The number of benzene rings is 1. The van der Waals surface area contributed by atoms with Crippen molar-refractivity contribution in [3.63, 3.8) is 0 Å². The van der Waals surface area contributed by atoms with Crippen molar-refractivity contribution in [1.82, 2.24) is 0 Å². The van der Waals surface area contributed by atoms with Crippen LogP contribution in [0.5, 0.6) is 0 Å². The van der Waals surface area contributed by atoms with Gasteiger partial charge in [-0.15, -0.1) is 0 Å². The quantitative estimate of drug-likeness (QED) is 0.610. The van der Waals surface area contributed by atoms with Gasteiger partial charge in [0, 0.05) is 0 Å². The predicted octanol–water partition coefficient (Wildman–Crippen LogP) is 3.15.